The van der Waals surface area contributed by atoms with Crippen LogP contribution in [-0.2, 0) is 11.4 Å². The Hall–Kier alpha value is -3.89. The van der Waals surface area contributed by atoms with Gasteiger partial charge in [-0.3, -0.25) is 19.8 Å². The third-order valence-electron chi connectivity index (χ3n) is 5.23. The number of hydrogen-bond acceptors (Lipinski definition) is 8. The molecule has 3 aromatic carbocycles. The summed E-state index contributed by atoms with van der Waals surface area (Å²) < 4.78 is 17.3. The van der Waals surface area contributed by atoms with Crippen molar-refractivity contribution in [2.75, 3.05) is 18.6 Å². The first-order valence-electron chi connectivity index (χ1n) is 10.9. The number of amides is 1. The van der Waals surface area contributed by atoms with E-state index < -0.39 is 4.92 Å². The minimum Gasteiger partial charge on any atom is -0.497 e. The van der Waals surface area contributed by atoms with Crippen LogP contribution >= 0.6 is 24.0 Å². The van der Waals surface area contributed by atoms with Crippen LogP contribution in [0.3, 0.4) is 0 Å². The van der Waals surface area contributed by atoms with Gasteiger partial charge in [0, 0.05) is 12.1 Å². The van der Waals surface area contributed by atoms with E-state index in [1.807, 2.05) is 13.0 Å². The number of carbonyl (C=O) groups is 1. The number of non-ortho nitro benzene ring substituents is 1. The molecule has 0 N–H and O–H groups in total. The van der Waals surface area contributed by atoms with Crippen LogP contribution in [0.25, 0.3) is 6.08 Å². The number of carbonyl (C=O) groups excluding carboxylic acids is 1. The molecule has 1 aliphatic rings. The van der Waals surface area contributed by atoms with Gasteiger partial charge >= 0.3 is 0 Å². The van der Waals surface area contributed by atoms with E-state index in [-0.39, 0.29) is 18.2 Å². The Balaban J connectivity index is 1.51. The summed E-state index contributed by atoms with van der Waals surface area (Å²) in [6.45, 7) is 2.52. The van der Waals surface area contributed by atoms with Gasteiger partial charge < -0.3 is 14.2 Å². The molecular formula is C26H22N2O6S2. The number of thioether (sulfide) groups is 1. The average molecular weight is 523 g/mol. The van der Waals surface area contributed by atoms with Crippen molar-refractivity contribution in [2.45, 2.75) is 13.5 Å². The highest BCUT2D eigenvalue weighted by atomic mass is 32.2. The molecular weight excluding hydrogens is 500 g/mol. The standard InChI is InChI=1S/C26H22N2O6S2/c1-3-33-23-14-18(6-13-22(23)34-16-17-4-7-20(8-5-17)28(30)31)15-24-25(29)27(26(35)36-24)19-9-11-21(32-2)12-10-19/h4-15H,3,16H2,1-2H3/b24-15-. The molecule has 0 aromatic heterocycles. The van der Waals surface area contributed by atoms with Gasteiger partial charge in [0.2, 0.25) is 0 Å². The first-order chi connectivity index (χ1) is 17.4. The summed E-state index contributed by atoms with van der Waals surface area (Å²) in [5, 5.41) is 10.8. The van der Waals surface area contributed by atoms with Crippen LogP contribution in [0.15, 0.2) is 71.6 Å². The van der Waals surface area contributed by atoms with Crippen LogP contribution in [-0.4, -0.2) is 28.9 Å². The third-order valence-corrected chi connectivity index (χ3v) is 6.53. The van der Waals surface area contributed by atoms with Gasteiger partial charge in [0.25, 0.3) is 11.6 Å². The van der Waals surface area contributed by atoms with Gasteiger partial charge in [0.1, 0.15) is 12.4 Å². The lowest BCUT2D eigenvalue weighted by Gasteiger charge is -2.15. The normalized spacial score (nSPS) is 14.3. The lowest BCUT2D eigenvalue weighted by atomic mass is 10.1. The molecule has 0 unspecified atom stereocenters. The minimum absolute atomic E-state index is 0.0236. The van der Waals surface area contributed by atoms with E-state index in [9.17, 15) is 14.9 Å². The zero-order valence-electron chi connectivity index (χ0n) is 19.5. The molecule has 0 atom stereocenters. The average Bonchev–Trinajstić information content (AvgIpc) is 3.16. The van der Waals surface area contributed by atoms with Crippen molar-refractivity contribution in [3.05, 3.63) is 92.9 Å². The molecule has 3 aromatic rings. The van der Waals surface area contributed by atoms with E-state index in [0.29, 0.717) is 38.8 Å². The Morgan fingerprint density at radius 1 is 1.03 bits per heavy atom. The van der Waals surface area contributed by atoms with Gasteiger partial charge in [-0.05, 0) is 72.7 Å². The van der Waals surface area contributed by atoms with E-state index in [1.165, 1.54) is 28.8 Å². The van der Waals surface area contributed by atoms with Crippen molar-refractivity contribution in [1.82, 2.24) is 0 Å². The third kappa shape index (κ3) is 5.67. The highest BCUT2D eigenvalue weighted by Crippen LogP contribution is 2.38. The number of rotatable bonds is 9. The Bertz CT molecular complexity index is 1320. The van der Waals surface area contributed by atoms with Crippen LogP contribution in [0.5, 0.6) is 17.2 Å². The molecule has 0 aliphatic carbocycles. The van der Waals surface area contributed by atoms with Crippen LogP contribution in [0, 0.1) is 10.1 Å². The van der Waals surface area contributed by atoms with Gasteiger partial charge in [0.15, 0.2) is 15.8 Å². The first kappa shape index (κ1) is 25.2. The summed E-state index contributed by atoms with van der Waals surface area (Å²) in [7, 11) is 1.58. The van der Waals surface area contributed by atoms with E-state index >= 15 is 0 Å². The molecule has 8 nitrogen and oxygen atoms in total. The van der Waals surface area contributed by atoms with Gasteiger partial charge in [-0.25, -0.2) is 0 Å². The number of ether oxygens (including phenoxy) is 3. The van der Waals surface area contributed by atoms with E-state index in [1.54, 1.807) is 61.7 Å². The molecule has 4 rings (SSSR count). The number of methoxy groups -OCH3 is 1. The predicted molar refractivity (Wildman–Crippen MR) is 144 cm³/mol. The fourth-order valence-electron chi connectivity index (χ4n) is 3.45. The van der Waals surface area contributed by atoms with Gasteiger partial charge in [0.05, 0.1) is 29.2 Å². The largest absolute Gasteiger partial charge is 0.497 e. The van der Waals surface area contributed by atoms with Crippen molar-refractivity contribution in [2.24, 2.45) is 0 Å². The van der Waals surface area contributed by atoms with Crippen molar-refractivity contribution in [3.63, 3.8) is 0 Å². The lowest BCUT2D eigenvalue weighted by molar-refractivity contribution is -0.384. The summed E-state index contributed by atoms with van der Waals surface area (Å²) >= 11 is 6.69. The highest BCUT2D eigenvalue weighted by Gasteiger charge is 2.33. The molecule has 0 radical (unpaired) electrons. The number of benzene rings is 3. The molecule has 1 aliphatic heterocycles. The maximum atomic E-state index is 13.1. The maximum absolute atomic E-state index is 13.1. The summed E-state index contributed by atoms with van der Waals surface area (Å²) in [6, 6.07) is 18.7. The number of hydrogen-bond donors (Lipinski definition) is 0. The monoisotopic (exact) mass is 522 g/mol. The number of nitrogens with zero attached hydrogens (tertiary/aromatic N) is 2. The van der Waals surface area contributed by atoms with E-state index in [4.69, 9.17) is 26.4 Å². The fraction of sp³-hybridized carbons (Fsp3) is 0.154. The molecule has 184 valence electrons. The second kappa shape index (κ2) is 11.2. The van der Waals surface area contributed by atoms with E-state index in [0.717, 1.165) is 11.1 Å². The fourth-order valence-corrected chi connectivity index (χ4v) is 4.75. The van der Waals surface area contributed by atoms with Crippen molar-refractivity contribution in [3.8, 4) is 17.2 Å². The van der Waals surface area contributed by atoms with Gasteiger partial charge in [-0.15, -0.1) is 0 Å². The topological polar surface area (TPSA) is 91.1 Å². The van der Waals surface area contributed by atoms with Crippen molar-refractivity contribution >= 4 is 51.7 Å². The van der Waals surface area contributed by atoms with Crippen LogP contribution < -0.4 is 19.1 Å². The summed E-state index contributed by atoms with van der Waals surface area (Å²) in [6.07, 6.45) is 1.77. The highest BCUT2D eigenvalue weighted by molar-refractivity contribution is 8.27. The second-order valence-corrected chi connectivity index (χ2v) is 9.24. The first-order valence-corrected chi connectivity index (χ1v) is 12.2. The Morgan fingerprint density at radius 3 is 2.39 bits per heavy atom. The quantitative estimate of drug-likeness (QED) is 0.147. The van der Waals surface area contributed by atoms with Gasteiger partial charge in [-0.1, -0.05) is 30.0 Å². The number of nitro benzene ring substituents is 1. The predicted octanol–water partition coefficient (Wildman–Crippen LogP) is 5.99. The Labute approximate surface area is 217 Å². The van der Waals surface area contributed by atoms with E-state index in [2.05, 4.69) is 0 Å². The molecule has 0 spiro atoms. The smallest absolute Gasteiger partial charge is 0.270 e. The summed E-state index contributed by atoms with van der Waals surface area (Å²) in [5.74, 6) is 1.54. The molecule has 0 bridgehead atoms. The zero-order chi connectivity index (χ0) is 25.7. The van der Waals surface area contributed by atoms with Gasteiger partial charge in [-0.2, -0.15) is 0 Å². The summed E-state index contributed by atoms with van der Waals surface area (Å²) in [5.41, 5.74) is 2.24. The zero-order valence-corrected chi connectivity index (χ0v) is 21.1. The second-order valence-electron chi connectivity index (χ2n) is 7.57. The minimum atomic E-state index is -0.443. The molecule has 1 amide bonds. The molecule has 0 saturated carbocycles. The Kier molecular flexibility index (Phi) is 7.87. The molecule has 1 heterocycles. The van der Waals surface area contributed by atoms with Crippen molar-refractivity contribution in [1.29, 1.82) is 0 Å². The van der Waals surface area contributed by atoms with Crippen LogP contribution in [0.4, 0.5) is 11.4 Å². The molecule has 1 saturated heterocycles. The SMILES string of the molecule is CCOc1cc(/C=C2\SC(=S)N(c3ccc(OC)cc3)C2=O)ccc1OCc1ccc([N+](=O)[O-])cc1. The number of nitro groups is 1. The molecule has 10 heteroatoms. The molecule has 1 fully saturated rings. The van der Waals surface area contributed by atoms with Crippen LogP contribution in [0.2, 0.25) is 0 Å². The lowest BCUT2D eigenvalue weighted by Crippen LogP contribution is -2.27. The number of thiocarbonyl (C=S) groups is 1. The van der Waals surface area contributed by atoms with Crippen LogP contribution in [0.1, 0.15) is 18.1 Å². The number of anilines is 1. The Morgan fingerprint density at radius 2 is 1.75 bits per heavy atom. The molecule has 36 heavy (non-hydrogen) atoms. The maximum Gasteiger partial charge on any atom is 0.270 e. The van der Waals surface area contributed by atoms with Crippen molar-refractivity contribution < 1.29 is 23.9 Å². The summed E-state index contributed by atoms with van der Waals surface area (Å²) in [4.78, 5) is 25.5.